The number of benzene rings is 8. The molecule has 0 amide bonds. The van der Waals surface area contributed by atoms with Gasteiger partial charge in [0.05, 0.1) is 5.69 Å². The van der Waals surface area contributed by atoms with E-state index in [0.29, 0.717) is 0 Å². The lowest BCUT2D eigenvalue weighted by Crippen LogP contribution is -1.98. The van der Waals surface area contributed by atoms with Crippen molar-refractivity contribution >= 4 is 32.6 Å². The van der Waals surface area contributed by atoms with Gasteiger partial charge in [-0.15, -0.1) is 10.2 Å². The minimum atomic E-state index is 0.831. The van der Waals surface area contributed by atoms with E-state index in [-0.39, 0.29) is 0 Å². The van der Waals surface area contributed by atoms with Crippen molar-refractivity contribution in [3.05, 3.63) is 194 Å². The zero-order chi connectivity index (χ0) is 35.1. The minimum absolute atomic E-state index is 0.831. The fourth-order valence-electron chi connectivity index (χ4n) is 7.49. The van der Waals surface area contributed by atoms with Crippen LogP contribution in [0.3, 0.4) is 0 Å². The molecule has 0 radical (unpaired) electrons. The van der Waals surface area contributed by atoms with Crippen LogP contribution in [0.1, 0.15) is 0 Å². The summed E-state index contributed by atoms with van der Waals surface area (Å²) in [5.74, 6) is 0. The second-order valence-corrected chi connectivity index (χ2v) is 13.4. The quantitative estimate of drug-likeness (QED) is 0.176. The van der Waals surface area contributed by atoms with E-state index in [4.69, 9.17) is 10.2 Å². The summed E-state index contributed by atoms with van der Waals surface area (Å²) in [4.78, 5) is 6.07. The minimum Gasteiger partial charge on any atom is -0.264 e. The molecule has 0 unspecified atom stereocenters. The lowest BCUT2D eigenvalue weighted by atomic mass is 9.89. The molecule has 0 aliphatic carbocycles. The molecule has 0 aliphatic rings. The fourth-order valence-corrected chi connectivity index (χ4v) is 7.49. The van der Waals surface area contributed by atoms with Crippen molar-refractivity contribution in [2.75, 3.05) is 0 Å². The van der Waals surface area contributed by atoms with Crippen LogP contribution in [0, 0.1) is 0 Å². The Morgan fingerprint density at radius 3 is 1.55 bits per heavy atom. The third-order valence-electron chi connectivity index (χ3n) is 10.1. The van der Waals surface area contributed by atoms with E-state index in [1.54, 1.807) is 11.0 Å². The zero-order valence-corrected chi connectivity index (χ0v) is 28.8. The molecular formula is C49H32N4. The van der Waals surface area contributed by atoms with E-state index < -0.39 is 0 Å². The van der Waals surface area contributed by atoms with Crippen molar-refractivity contribution < 1.29 is 0 Å². The SMILES string of the molecule is c1ccc(-c2cc(-c3cc(-c4cc(-c5ccccc5)cc5ccccc45)c4nn(-c5ccc(-c6cccnc6)cc5)nc4c3)c3ccccc3c2)cc1. The van der Waals surface area contributed by atoms with Gasteiger partial charge in [-0.1, -0.05) is 127 Å². The Morgan fingerprint density at radius 1 is 0.358 bits per heavy atom. The number of nitrogens with zero attached hydrogens (tertiary/aromatic N) is 4. The molecule has 4 nitrogen and oxygen atoms in total. The largest absolute Gasteiger partial charge is 0.264 e. The summed E-state index contributed by atoms with van der Waals surface area (Å²) in [7, 11) is 0. The Bertz CT molecular complexity index is 2910. The van der Waals surface area contributed by atoms with Gasteiger partial charge in [-0.05, 0) is 126 Å². The molecule has 4 heteroatoms. The van der Waals surface area contributed by atoms with Crippen LogP contribution in [-0.4, -0.2) is 20.0 Å². The number of aromatic nitrogens is 4. The monoisotopic (exact) mass is 676 g/mol. The number of hydrogen-bond donors (Lipinski definition) is 0. The lowest BCUT2D eigenvalue weighted by molar-refractivity contribution is 0.766. The van der Waals surface area contributed by atoms with E-state index in [2.05, 4.69) is 181 Å². The molecule has 248 valence electrons. The summed E-state index contributed by atoms with van der Waals surface area (Å²) < 4.78 is 0. The third-order valence-corrected chi connectivity index (χ3v) is 10.1. The van der Waals surface area contributed by atoms with Crippen LogP contribution < -0.4 is 0 Å². The predicted molar refractivity (Wildman–Crippen MR) is 219 cm³/mol. The maximum absolute atomic E-state index is 5.23. The summed E-state index contributed by atoms with van der Waals surface area (Å²) in [6.45, 7) is 0. The van der Waals surface area contributed by atoms with Gasteiger partial charge in [-0.2, -0.15) is 4.80 Å². The van der Waals surface area contributed by atoms with Crippen molar-refractivity contribution in [1.29, 1.82) is 0 Å². The molecule has 8 aromatic carbocycles. The Morgan fingerprint density at radius 2 is 0.906 bits per heavy atom. The first kappa shape index (κ1) is 30.6. The fraction of sp³-hybridized carbons (Fsp3) is 0. The normalized spacial score (nSPS) is 11.4. The maximum Gasteiger partial charge on any atom is 0.121 e. The summed E-state index contributed by atoms with van der Waals surface area (Å²) in [5.41, 5.74) is 13.8. The molecule has 0 atom stereocenters. The van der Waals surface area contributed by atoms with E-state index in [1.165, 1.54) is 38.2 Å². The highest BCUT2D eigenvalue weighted by atomic mass is 15.5. The summed E-state index contributed by atoms with van der Waals surface area (Å²) in [6.07, 6.45) is 3.68. The summed E-state index contributed by atoms with van der Waals surface area (Å²) in [5, 5.41) is 15.1. The summed E-state index contributed by atoms with van der Waals surface area (Å²) >= 11 is 0. The van der Waals surface area contributed by atoms with Gasteiger partial charge in [0.1, 0.15) is 11.0 Å². The number of pyridine rings is 1. The first-order valence-electron chi connectivity index (χ1n) is 17.8. The Labute approximate surface area is 307 Å². The average Bonchev–Trinajstić information content (AvgIpc) is 3.68. The van der Waals surface area contributed by atoms with Crippen LogP contribution in [0.4, 0.5) is 0 Å². The molecule has 0 spiro atoms. The first-order valence-corrected chi connectivity index (χ1v) is 17.8. The third kappa shape index (κ3) is 5.63. The predicted octanol–water partition coefficient (Wildman–Crippen LogP) is 12.5. The van der Waals surface area contributed by atoms with Crippen molar-refractivity contribution in [2.45, 2.75) is 0 Å². The van der Waals surface area contributed by atoms with Gasteiger partial charge in [-0.25, -0.2) is 0 Å². The highest BCUT2D eigenvalue weighted by Crippen LogP contribution is 2.42. The molecule has 0 saturated carbocycles. The standard InChI is InChI=1S/C49H32N4/c1-3-12-33(13-4-1)39-26-36-16-7-9-19-43(36)45(28-39)41-30-47(46-29-40(34-14-5-2-6-15-34)27-37-17-8-10-20-44(37)46)49-48(31-41)51-53(52-49)42-23-21-35(22-24-42)38-18-11-25-50-32-38/h1-32H. The van der Waals surface area contributed by atoms with Gasteiger partial charge < -0.3 is 0 Å². The molecule has 2 aromatic heterocycles. The second kappa shape index (κ2) is 12.9. The van der Waals surface area contributed by atoms with E-state index in [9.17, 15) is 0 Å². The van der Waals surface area contributed by atoms with Gasteiger partial charge >= 0.3 is 0 Å². The lowest BCUT2D eigenvalue weighted by Gasteiger charge is -2.15. The summed E-state index contributed by atoms with van der Waals surface area (Å²) in [6, 6.07) is 64.6. The Kier molecular flexibility index (Phi) is 7.43. The highest BCUT2D eigenvalue weighted by Gasteiger charge is 2.19. The van der Waals surface area contributed by atoms with Gasteiger partial charge in [0.2, 0.25) is 0 Å². The molecule has 0 aliphatic heterocycles. The van der Waals surface area contributed by atoms with Crippen molar-refractivity contribution in [1.82, 2.24) is 20.0 Å². The van der Waals surface area contributed by atoms with Crippen LogP contribution in [0.15, 0.2) is 194 Å². The maximum atomic E-state index is 5.23. The molecule has 10 aromatic rings. The molecule has 2 heterocycles. The highest BCUT2D eigenvalue weighted by molar-refractivity contribution is 6.09. The van der Waals surface area contributed by atoms with Crippen LogP contribution >= 0.6 is 0 Å². The molecule has 0 bridgehead atoms. The zero-order valence-electron chi connectivity index (χ0n) is 28.8. The molecule has 0 saturated heterocycles. The Balaban J connectivity index is 1.23. The van der Waals surface area contributed by atoms with E-state index in [1.807, 2.05) is 12.3 Å². The molecule has 10 rings (SSSR count). The van der Waals surface area contributed by atoms with Crippen molar-refractivity contribution in [3.8, 4) is 61.3 Å². The van der Waals surface area contributed by atoms with Crippen molar-refractivity contribution in [2.24, 2.45) is 0 Å². The average molecular weight is 677 g/mol. The van der Waals surface area contributed by atoms with E-state index in [0.717, 1.165) is 55.7 Å². The molecule has 0 N–H and O–H groups in total. The van der Waals surface area contributed by atoms with Gasteiger partial charge in [0.25, 0.3) is 0 Å². The van der Waals surface area contributed by atoms with Crippen LogP contribution in [0.25, 0.3) is 93.9 Å². The van der Waals surface area contributed by atoms with Gasteiger partial charge in [0, 0.05) is 18.0 Å². The molecule has 53 heavy (non-hydrogen) atoms. The Hall–Kier alpha value is -7.17. The topological polar surface area (TPSA) is 43.6 Å². The molecule has 0 fully saturated rings. The van der Waals surface area contributed by atoms with Crippen LogP contribution in [0.2, 0.25) is 0 Å². The first-order chi connectivity index (χ1) is 26.2. The molecular weight excluding hydrogens is 645 g/mol. The smallest absolute Gasteiger partial charge is 0.121 e. The van der Waals surface area contributed by atoms with Gasteiger partial charge in [0.15, 0.2) is 0 Å². The van der Waals surface area contributed by atoms with Gasteiger partial charge in [-0.3, -0.25) is 4.98 Å². The second-order valence-electron chi connectivity index (χ2n) is 13.4. The number of rotatable bonds is 6. The number of hydrogen-bond acceptors (Lipinski definition) is 3. The number of fused-ring (bicyclic) bond motifs is 3. The van der Waals surface area contributed by atoms with Crippen molar-refractivity contribution in [3.63, 3.8) is 0 Å². The van der Waals surface area contributed by atoms with Crippen LogP contribution in [-0.2, 0) is 0 Å². The van der Waals surface area contributed by atoms with E-state index >= 15 is 0 Å². The van der Waals surface area contributed by atoms with Crippen LogP contribution in [0.5, 0.6) is 0 Å².